The standard InChI is InChI=1S/C9H10N2O4S/c1-11-5-3-7(15-9(12)13)16-8(5)10-6(11)4-14-2/h3H,4H2,1-2H3,(H,12,13). The number of fused-ring (bicyclic) bond motifs is 1. The number of carboxylic acid groups (broad SMARTS) is 1. The highest BCUT2D eigenvalue weighted by molar-refractivity contribution is 7.20. The van der Waals surface area contributed by atoms with Crippen LogP contribution in [0.25, 0.3) is 10.3 Å². The molecule has 0 atom stereocenters. The maximum absolute atomic E-state index is 10.4. The van der Waals surface area contributed by atoms with Gasteiger partial charge in [0, 0.05) is 20.2 Å². The highest BCUT2D eigenvalue weighted by Gasteiger charge is 2.13. The van der Waals surface area contributed by atoms with E-state index < -0.39 is 6.16 Å². The molecule has 2 aromatic heterocycles. The van der Waals surface area contributed by atoms with Crippen molar-refractivity contribution >= 4 is 27.8 Å². The fraction of sp³-hybridized carbons (Fsp3) is 0.333. The molecule has 6 nitrogen and oxygen atoms in total. The van der Waals surface area contributed by atoms with Crippen molar-refractivity contribution in [3.05, 3.63) is 11.9 Å². The van der Waals surface area contributed by atoms with Crippen molar-refractivity contribution in [1.82, 2.24) is 9.55 Å². The maximum atomic E-state index is 10.4. The van der Waals surface area contributed by atoms with Gasteiger partial charge in [-0.15, -0.1) is 0 Å². The van der Waals surface area contributed by atoms with Gasteiger partial charge in [0.1, 0.15) is 17.3 Å². The monoisotopic (exact) mass is 242 g/mol. The molecule has 0 spiro atoms. The Morgan fingerprint density at radius 3 is 3.00 bits per heavy atom. The third-order valence-electron chi connectivity index (χ3n) is 2.11. The van der Waals surface area contributed by atoms with Gasteiger partial charge in [0.2, 0.25) is 0 Å². The van der Waals surface area contributed by atoms with Gasteiger partial charge in [0.15, 0.2) is 5.06 Å². The SMILES string of the molecule is COCc1nc2sc(OC(=O)O)cc2n1C. The van der Waals surface area contributed by atoms with Crippen LogP contribution in [0, 0.1) is 0 Å². The number of ether oxygens (including phenoxy) is 2. The first-order valence-corrected chi connectivity index (χ1v) is 5.28. The van der Waals surface area contributed by atoms with Crippen LogP contribution in [0.15, 0.2) is 6.07 Å². The first-order chi connectivity index (χ1) is 7.61. The Kier molecular flexibility index (Phi) is 2.80. The van der Waals surface area contributed by atoms with E-state index in [-0.39, 0.29) is 0 Å². The number of aromatic nitrogens is 2. The molecule has 2 rings (SSSR count). The van der Waals surface area contributed by atoms with Gasteiger partial charge in [-0.1, -0.05) is 11.3 Å². The summed E-state index contributed by atoms with van der Waals surface area (Å²) >= 11 is 1.20. The zero-order valence-corrected chi connectivity index (χ0v) is 9.58. The lowest BCUT2D eigenvalue weighted by molar-refractivity contribution is 0.146. The third kappa shape index (κ3) is 1.86. The van der Waals surface area contributed by atoms with Gasteiger partial charge >= 0.3 is 6.16 Å². The largest absolute Gasteiger partial charge is 0.512 e. The number of imidazole rings is 1. The zero-order chi connectivity index (χ0) is 11.7. The molecule has 0 amide bonds. The molecule has 0 aliphatic carbocycles. The van der Waals surface area contributed by atoms with Crippen molar-refractivity contribution in [1.29, 1.82) is 0 Å². The second-order valence-electron chi connectivity index (χ2n) is 3.14. The second-order valence-corrected chi connectivity index (χ2v) is 4.14. The summed E-state index contributed by atoms with van der Waals surface area (Å²) in [6.45, 7) is 0.424. The number of aryl methyl sites for hydroxylation is 1. The topological polar surface area (TPSA) is 73.6 Å². The van der Waals surface area contributed by atoms with Crippen LogP contribution in [0.3, 0.4) is 0 Å². The molecule has 0 fully saturated rings. The van der Waals surface area contributed by atoms with E-state index in [9.17, 15) is 4.79 Å². The molecule has 86 valence electrons. The Morgan fingerprint density at radius 1 is 1.69 bits per heavy atom. The Hall–Kier alpha value is -1.60. The van der Waals surface area contributed by atoms with E-state index in [0.717, 1.165) is 16.2 Å². The number of hydrogen-bond donors (Lipinski definition) is 1. The van der Waals surface area contributed by atoms with Crippen molar-refractivity contribution < 1.29 is 19.4 Å². The number of rotatable bonds is 3. The predicted octanol–water partition coefficient (Wildman–Crippen LogP) is 1.84. The van der Waals surface area contributed by atoms with Gasteiger partial charge in [0.25, 0.3) is 0 Å². The second kappa shape index (κ2) is 4.11. The van der Waals surface area contributed by atoms with E-state index in [1.807, 2.05) is 11.6 Å². The summed E-state index contributed by atoms with van der Waals surface area (Å²) in [4.78, 5) is 15.4. The average Bonchev–Trinajstić information content (AvgIpc) is 2.68. The normalized spacial score (nSPS) is 10.9. The van der Waals surface area contributed by atoms with Crippen LogP contribution in [-0.4, -0.2) is 27.9 Å². The van der Waals surface area contributed by atoms with Crippen molar-refractivity contribution in [2.75, 3.05) is 7.11 Å². The van der Waals surface area contributed by atoms with E-state index in [1.165, 1.54) is 11.3 Å². The molecule has 0 radical (unpaired) electrons. The average molecular weight is 242 g/mol. The molecule has 0 saturated carbocycles. The van der Waals surface area contributed by atoms with E-state index in [4.69, 9.17) is 9.84 Å². The summed E-state index contributed by atoms with van der Waals surface area (Å²) in [5.41, 5.74) is 0.841. The number of carbonyl (C=O) groups is 1. The van der Waals surface area contributed by atoms with E-state index in [0.29, 0.717) is 11.7 Å². The van der Waals surface area contributed by atoms with Crippen LogP contribution in [0.1, 0.15) is 5.82 Å². The van der Waals surface area contributed by atoms with Crippen molar-refractivity contribution in [3.8, 4) is 5.06 Å². The molecule has 16 heavy (non-hydrogen) atoms. The van der Waals surface area contributed by atoms with Crippen LogP contribution in [0.4, 0.5) is 4.79 Å². The summed E-state index contributed by atoms with van der Waals surface area (Å²) in [6, 6.07) is 1.65. The molecule has 2 aromatic rings. The van der Waals surface area contributed by atoms with Gasteiger partial charge in [-0.3, -0.25) is 0 Å². The van der Waals surface area contributed by atoms with Crippen molar-refractivity contribution in [2.45, 2.75) is 6.61 Å². The smallest absolute Gasteiger partial charge is 0.449 e. The molecule has 1 N–H and O–H groups in total. The molecule has 0 aromatic carbocycles. The molecule has 0 saturated heterocycles. The van der Waals surface area contributed by atoms with Crippen LogP contribution < -0.4 is 4.74 Å². The highest BCUT2D eigenvalue weighted by Crippen LogP contribution is 2.31. The molecule has 0 aliphatic rings. The predicted molar refractivity (Wildman–Crippen MR) is 58.0 cm³/mol. The lowest BCUT2D eigenvalue weighted by Gasteiger charge is -1.99. The summed E-state index contributed by atoms with van der Waals surface area (Å²) in [6.07, 6.45) is -1.32. The Bertz CT molecular complexity index is 531. The zero-order valence-electron chi connectivity index (χ0n) is 8.76. The molecule has 7 heteroatoms. The van der Waals surface area contributed by atoms with Crippen LogP contribution >= 0.6 is 11.3 Å². The fourth-order valence-electron chi connectivity index (χ4n) is 1.40. The molecular weight excluding hydrogens is 232 g/mol. The first kappa shape index (κ1) is 10.9. The molecule has 0 unspecified atom stereocenters. The summed E-state index contributed by atoms with van der Waals surface area (Å²) < 4.78 is 11.4. The van der Waals surface area contributed by atoms with E-state index >= 15 is 0 Å². The summed E-state index contributed by atoms with van der Waals surface area (Å²) in [5.74, 6) is 0.797. The molecule has 0 aliphatic heterocycles. The minimum Gasteiger partial charge on any atom is -0.449 e. The molecule has 2 heterocycles. The van der Waals surface area contributed by atoms with Gasteiger partial charge in [0.05, 0.1) is 5.52 Å². The van der Waals surface area contributed by atoms with Crippen LogP contribution in [-0.2, 0) is 18.4 Å². The number of thiophene rings is 1. The highest BCUT2D eigenvalue weighted by atomic mass is 32.1. The minimum atomic E-state index is -1.32. The van der Waals surface area contributed by atoms with E-state index in [2.05, 4.69) is 9.72 Å². The number of hydrogen-bond acceptors (Lipinski definition) is 5. The van der Waals surface area contributed by atoms with Crippen molar-refractivity contribution in [2.24, 2.45) is 7.05 Å². The maximum Gasteiger partial charge on any atom is 0.512 e. The van der Waals surface area contributed by atoms with Crippen molar-refractivity contribution in [3.63, 3.8) is 0 Å². The molecular formula is C9H10N2O4S. The minimum absolute atomic E-state index is 0.324. The molecule has 0 bridgehead atoms. The van der Waals surface area contributed by atoms with E-state index in [1.54, 1.807) is 13.2 Å². The Balaban J connectivity index is 2.37. The van der Waals surface area contributed by atoms with Gasteiger partial charge in [-0.05, 0) is 0 Å². The van der Waals surface area contributed by atoms with Gasteiger partial charge in [-0.25, -0.2) is 9.78 Å². The fourth-order valence-corrected chi connectivity index (χ4v) is 2.32. The summed E-state index contributed by atoms with van der Waals surface area (Å²) in [5, 5.41) is 8.80. The van der Waals surface area contributed by atoms with Crippen LogP contribution in [0.2, 0.25) is 0 Å². The van der Waals surface area contributed by atoms with Crippen LogP contribution in [0.5, 0.6) is 5.06 Å². The Labute approximate surface area is 95.0 Å². The lowest BCUT2D eigenvalue weighted by atomic mass is 10.5. The quantitative estimate of drug-likeness (QED) is 0.831. The van der Waals surface area contributed by atoms with Gasteiger partial charge < -0.3 is 19.1 Å². The summed E-state index contributed by atoms with van der Waals surface area (Å²) in [7, 11) is 3.45. The number of methoxy groups -OCH3 is 1. The Morgan fingerprint density at radius 2 is 2.44 bits per heavy atom. The lowest BCUT2D eigenvalue weighted by Crippen LogP contribution is -2.01. The number of nitrogens with zero attached hydrogens (tertiary/aromatic N) is 2. The first-order valence-electron chi connectivity index (χ1n) is 4.46. The third-order valence-corrected chi connectivity index (χ3v) is 3.01. The van der Waals surface area contributed by atoms with Gasteiger partial charge in [-0.2, -0.15) is 0 Å².